The quantitative estimate of drug-likeness (QED) is 0.755. The van der Waals surface area contributed by atoms with Crippen LogP contribution < -0.4 is 10.1 Å². The highest BCUT2D eigenvalue weighted by Crippen LogP contribution is 2.12. The van der Waals surface area contributed by atoms with Crippen LogP contribution in [0.3, 0.4) is 0 Å². The lowest BCUT2D eigenvalue weighted by Gasteiger charge is -2.08. The summed E-state index contributed by atoms with van der Waals surface area (Å²) in [5.74, 6) is 0.700. The topological polar surface area (TPSA) is 21.3 Å². The Kier molecular flexibility index (Phi) is 5.42. The molecule has 0 spiro atoms. The maximum Gasteiger partial charge on any atom is 0.125 e. The third-order valence-electron chi connectivity index (χ3n) is 3.01. The molecule has 0 saturated heterocycles. The molecule has 0 atom stereocenters. The zero-order chi connectivity index (χ0) is 14.2. The van der Waals surface area contributed by atoms with Crippen LogP contribution in [0.1, 0.15) is 18.4 Å². The van der Waals surface area contributed by atoms with Crippen LogP contribution >= 0.6 is 0 Å². The SMILES string of the molecule is Cc1ccc(OCCCCNc2cccc(F)c2)cc1. The predicted octanol–water partition coefficient (Wildman–Crippen LogP) is 4.41. The zero-order valence-electron chi connectivity index (χ0n) is 11.7. The molecule has 0 amide bonds. The number of anilines is 1. The summed E-state index contributed by atoms with van der Waals surface area (Å²) in [7, 11) is 0. The van der Waals surface area contributed by atoms with Gasteiger partial charge in [-0.1, -0.05) is 23.8 Å². The van der Waals surface area contributed by atoms with E-state index in [2.05, 4.69) is 12.2 Å². The van der Waals surface area contributed by atoms with E-state index in [4.69, 9.17) is 4.74 Å². The van der Waals surface area contributed by atoms with E-state index in [1.54, 1.807) is 6.07 Å². The van der Waals surface area contributed by atoms with E-state index in [0.29, 0.717) is 6.61 Å². The highest BCUT2D eigenvalue weighted by molar-refractivity contribution is 5.42. The number of aryl methyl sites for hydroxylation is 1. The first-order valence-corrected chi connectivity index (χ1v) is 6.93. The molecular weight excluding hydrogens is 253 g/mol. The minimum Gasteiger partial charge on any atom is -0.494 e. The molecule has 0 aromatic heterocycles. The first kappa shape index (κ1) is 14.4. The van der Waals surface area contributed by atoms with E-state index in [0.717, 1.165) is 30.8 Å². The predicted molar refractivity (Wildman–Crippen MR) is 80.8 cm³/mol. The van der Waals surface area contributed by atoms with Crippen molar-refractivity contribution in [1.29, 1.82) is 0 Å². The van der Waals surface area contributed by atoms with Crippen LogP contribution in [0.25, 0.3) is 0 Å². The number of rotatable bonds is 7. The van der Waals surface area contributed by atoms with Gasteiger partial charge in [-0.05, 0) is 50.1 Å². The average Bonchev–Trinajstić information content (AvgIpc) is 2.45. The number of ether oxygens (including phenoxy) is 1. The van der Waals surface area contributed by atoms with Crippen molar-refractivity contribution in [2.45, 2.75) is 19.8 Å². The lowest BCUT2D eigenvalue weighted by atomic mass is 10.2. The lowest BCUT2D eigenvalue weighted by Crippen LogP contribution is -2.04. The second kappa shape index (κ2) is 7.53. The van der Waals surface area contributed by atoms with Crippen molar-refractivity contribution in [3.05, 3.63) is 59.9 Å². The van der Waals surface area contributed by atoms with Gasteiger partial charge >= 0.3 is 0 Å². The van der Waals surface area contributed by atoms with Crippen LogP contribution in [0.2, 0.25) is 0 Å². The maximum absolute atomic E-state index is 13.0. The summed E-state index contributed by atoms with van der Waals surface area (Å²) in [6.07, 6.45) is 1.96. The normalized spacial score (nSPS) is 10.3. The summed E-state index contributed by atoms with van der Waals surface area (Å²) >= 11 is 0. The van der Waals surface area contributed by atoms with Crippen molar-refractivity contribution >= 4 is 5.69 Å². The van der Waals surface area contributed by atoms with Crippen molar-refractivity contribution in [3.63, 3.8) is 0 Å². The van der Waals surface area contributed by atoms with Crippen molar-refractivity contribution in [2.24, 2.45) is 0 Å². The van der Waals surface area contributed by atoms with Crippen LogP contribution in [-0.2, 0) is 0 Å². The van der Waals surface area contributed by atoms with E-state index in [1.165, 1.54) is 17.7 Å². The maximum atomic E-state index is 13.0. The number of hydrogen-bond donors (Lipinski definition) is 1. The molecule has 2 nitrogen and oxygen atoms in total. The minimum absolute atomic E-state index is 0.210. The Balaban J connectivity index is 1.59. The molecule has 0 saturated carbocycles. The van der Waals surface area contributed by atoms with Gasteiger partial charge in [0.1, 0.15) is 11.6 Å². The summed E-state index contributed by atoms with van der Waals surface area (Å²) in [5, 5.41) is 3.20. The molecule has 2 aromatic rings. The van der Waals surface area contributed by atoms with Gasteiger partial charge in [0.2, 0.25) is 0 Å². The molecule has 1 N–H and O–H groups in total. The smallest absolute Gasteiger partial charge is 0.125 e. The largest absolute Gasteiger partial charge is 0.494 e. The summed E-state index contributed by atoms with van der Waals surface area (Å²) in [5.41, 5.74) is 2.06. The number of halogens is 1. The molecular formula is C17H20FNO. The Labute approximate surface area is 119 Å². The van der Waals surface area contributed by atoms with E-state index < -0.39 is 0 Å². The standard InChI is InChI=1S/C17H20FNO/c1-14-7-9-17(10-8-14)20-12-3-2-11-19-16-6-4-5-15(18)13-16/h4-10,13,19H,2-3,11-12H2,1H3. The second-order valence-electron chi connectivity index (χ2n) is 4.81. The van der Waals surface area contributed by atoms with Crippen molar-refractivity contribution < 1.29 is 9.13 Å². The third kappa shape index (κ3) is 4.92. The lowest BCUT2D eigenvalue weighted by molar-refractivity contribution is 0.308. The Morgan fingerprint density at radius 1 is 1.05 bits per heavy atom. The average molecular weight is 273 g/mol. The fourth-order valence-electron chi connectivity index (χ4n) is 1.88. The molecule has 3 heteroatoms. The monoisotopic (exact) mass is 273 g/mol. The summed E-state index contributed by atoms with van der Waals surface area (Å²) in [6, 6.07) is 14.6. The van der Waals surface area contributed by atoms with Gasteiger partial charge in [0.05, 0.1) is 6.61 Å². The van der Waals surface area contributed by atoms with Crippen LogP contribution in [-0.4, -0.2) is 13.2 Å². The van der Waals surface area contributed by atoms with Gasteiger partial charge < -0.3 is 10.1 Å². The molecule has 0 aliphatic heterocycles. The van der Waals surface area contributed by atoms with Crippen LogP contribution in [0.4, 0.5) is 10.1 Å². The van der Waals surface area contributed by atoms with Gasteiger partial charge in [0, 0.05) is 12.2 Å². The molecule has 0 aliphatic carbocycles. The van der Waals surface area contributed by atoms with Gasteiger partial charge in [-0.15, -0.1) is 0 Å². The van der Waals surface area contributed by atoms with Crippen molar-refractivity contribution in [2.75, 3.05) is 18.5 Å². The fraction of sp³-hybridized carbons (Fsp3) is 0.294. The second-order valence-corrected chi connectivity index (χ2v) is 4.81. The Morgan fingerprint density at radius 2 is 1.85 bits per heavy atom. The molecule has 0 unspecified atom stereocenters. The number of unbranched alkanes of at least 4 members (excludes halogenated alkanes) is 1. The number of benzene rings is 2. The molecule has 2 aromatic carbocycles. The number of nitrogens with one attached hydrogen (secondary N) is 1. The van der Waals surface area contributed by atoms with Gasteiger partial charge in [-0.2, -0.15) is 0 Å². The highest BCUT2D eigenvalue weighted by Gasteiger charge is 1.96. The minimum atomic E-state index is -0.210. The molecule has 0 fully saturated rings. The van der Waals surface area contributed by atoms with Crippen molar-refractivity contribution in [3.8, 4) is 5.75 Å². The Hall–Kier alpha value is -2.03. The molecule has 20 heavy (non-hydrogen) atoms. The van der Waals surface area contributed by atoms with E-state index in [9.17, 15) is 4.39 Å². The summed E-state index contributed by atoms with van der Waals surface area (Å²) < 4.78 is 18.6. The third-order valence-corrected chi connectivity index (χ3v) is 3.01. The van der Waals surface area contributed by atoms with Crippen LogP contribution in [0.15, 0.2) is 48.5 Å². The first-order chi connectivity index (χ1) is 9.74. The zero-order valence-corrected chi connectivity index (χ0v) is 11.7. The van der Waals surface area contributed by atoms with Gasteiger partial charge in [0.25, 0.3) is 0 Å². The molecule has 0 heterocycles. The van der Waals surface area contributed by atoms with Gasteiger partial charge in [0.15, 0.2) is 0 Å². The number of hydrogen-bond acceptors (Lipinski definition) is 2. The molecule has 0 aliphatic rings. The van der Waals surface area contributed by atoms with E-state index in [-0.39, 0.29) is 5.82 Å². The Morgan fingerprint density at radius 3 is 2.60 bits per heavy atom. The Bertz CT molecular complexity index is 525. The van der Waals surface area contributed by atoms with Gasteiger partial charge in [-0.25, -0.2) is 4.39 Å². The van der Waals surface area contributed by atoms with E-state index in [1.807, 2.05) is 30.3 Å². The highest BCUT2D eigenvalue weighted by atomic mass is 19.1. The molecule has 2 rings (SSSR count). The fourth-order valence-corrected chi connectivity index (χ4v) is 1.88. The molecule has 106 valence electrons. The summed E-state index contributed by atoms with van der Waals surface area (Å²) in [6.45, 7) is 3.58. The van der Waals surface area contributed by atoms with E-state index >= 15 is 0 Å². The van der Waals surface area contributed by atoms with Crippen LogP contribution in [0, 0.1) is 12.7 Å². The molecule has 0 radical (unpaired) electrons. The van der Waals surface area contributed by atoms with Crippen LogP contribution in [0.5, 0.6) is 5.75 Å². The first-order valence-electron chi connectivity index (χ1n) is 6.93. The summed E-state index contributed by atoms with van der Waals surface area (Å²) in [4.78, 5) is 0. The van der Waals surface area contributed by atoms with Crippen molar-refractivity contribution in [1.82, 2.24) is 0 Å². The van der Waals surface area contributed by atoms with Gasteiger partial charge in [-0.3, -0.25) is 0 Å². The molecule has 0 bridgehead atoms.